The summed E-state index contributed by atoms with van der Waals surface area (Å²) in [4.78, 5) is 4.85. The van der Waals surface area contributed by atoms with E-state index >= 15 is 0 Å². The van der Waals surface area contributed by atoms with Crippen molar-refractivity contribution in [3.8, 4) is 0 Å². The molecule has 0 radical (unpaired) electrons. The zero-order chi connectivity index (χ0) is 19.3. The van der Waals surface area contributed by atoms with E-state index in [9.17, 15) is 8.42 Å². The molecule has 0 fully saturated rings. The second-order valence-electron chi connectivity index (χ2n) is 6.01. The van der Waals surface area contributed by atoms with Crippen LogP contribution in [0.4, 0.5) is 0 Å². The molecular weight excluding hydrogens is 364 g/mol. The number of nitrogens with one attached hydrogen (secondary N) is 2. The molecule has 0 atom stereocenters. The lowest BCUT2D eigenvalue weighted by atomic mass is 10.2. The predicted octanol–water partition coefficient (Wildman–Crippen LogP) is 1.39. The summed E-state index contributed by atoms with van der Waals surface area (Å²) in [5.41, 5.74) is 1.72. The van der Waals surface area contributed by atoms with Gasteiger partial charge in [0.1, 0.15) is 0 Å². The van der Waals surface area contributed by atoms with Crippen LogP contribution in [0.25, 0.3) is 5.65 Å². The van der Waals surface area contributed by atoms with Gasteiger partial charge in [-0.1, -0.05) is 18.2 Å². The summed E-state index contributed by atoms with van der Waals surface area (Å²) in [6.07, 6.45) is 3.11. The van der Waals surface area contributed by atoms with Gasteiger partial charge >= 0.3 is 0 Å². The normalized spacial score (nSPS) is 12.3. The second-order valence-corrected chi connectivity index (χ2v) is 8.03. The van der Waals surface area contributed by atoms with Crippen LogP contribution in [0.3, 0.4) is 0 Å². The maximum Gasteiger partial charge on any atom is 0.191 e. The molecule has 2 aromatic heterocycles. The van der Waals surface area contributed by atoms with Crippen LogP contribution in [0.1, 0.15) is 18.3 Å². The summed E-state index contributed by atoms with van der Waals surface area (Å²) in [6.45, 7) is 3.62. The lowest BCUT2D eigenvalue weighted by molar-refractivity contribution is 0.602. The van der Waals surface area contributed by atoms with E-state index in [0.717, 1.165) is 23.6 Å². The number of guanidine groups is 1. The Labute approximate surface area is 158 Å². The summed E-state index contributed by atoms with van der Waals surface area (Å²) in [5, 5.41) is 14.7. The first-order valence-electron chi connectivity index (χ1n) is 8.57. The van der Waals surface area contributed by atoms with Gasteiger partial charge in [-0.15, -0.1) is 10.2 Å². The fourth-order valence-electron chi connectivity index (χ4n) is 2.53. The van der Waals surface area contributed by atoms with Gasteiger partial charge in [-0.2, -0.15) is 0 Å². The monoisotopic (exact) mass is 386 g/mol. The Kier molecular flexibility index (Phi) is 5.70. The first-order valence-corrected chi connectivity index (χ1v) is 10.5. The third-order valence-corrected chi connectivity index (χ3v) is 5.04. The fraction of sp³-hybridized carbons (Fsp3) is 0.278. The largest absolute Gasteiger partial charge is 0.357 e. The van der Waals surface area contributed by atoms with E-state index in [-0.39, 0.29) is 0 Å². The zero-order valence-electron chi connectivity index (χ0n) is 15.3. The number of fused-ring (bicyclic) bond motifs is 1. The molecule has 27 heavy (non-hydrogen) atoms. The molecule has 2 heterocycles. The highest BCUT2D eigenvalue weighted by atomic mass is 32.2. The minimum absolute atomic E-state index is 0.305. The molecule has 0 saturated carbocycles. The van der Waals surface area contributed by atoms with E-state index in [2.05, 4.69) is 25.8 Å². The molecule has 0 unspecified atom stereocenters. The number of pyridine rings is 1. The molecule has 3 rings (SSSR count). The van der Waals surface area contributed by atoms with Gasteiger partial charge in [-0.25, -0.2) is 13.4 Å². The molecule has 0 saturated heterocycles. The second kappa shape index (κ2) is 8.17. The molecule has 0 aliphatic heterocycles. The number of nitrogens with zero attached hydrogens (tertiary/aromatic N) is 4. The van der Waals surface area contributed by atoms with Gasteiger partial charge in [0.2, 0.25) is 0 Å². The van der Waals surface area contributed by atoms with Crippen molar-refractivity contribution in [1.29, 1.82) is 0 Å². The van der Waals surface area contributed by atoms with Crippen molar-refractivity contribution in [3.05, 3.63) is 60.0 Å². The van der Waals surface area contributed by atoms with Gasteiger partial charge in [0.15, 0.2) is 27.3 Å². The van der Waals surface area contributed by atoms with Crippen LogP contribution in [-0.4, -0.2) is 41.8 Å². The first kappa shape index (κ1) is 18.8. The van der Waals surface area contributed by atoms with E-state index in [1.807, 2.05) is 35.7 Å². The molecule has 0 aliphatic carbocycles. The number of aromatic nitrogens is 3. The van der Waals surface area contributed by atoms with E-state index in [4.69, 9.17) is 0 Å². The topological polar surface area (TPSA) is 101 Å². The Balaban J connectivity index is 1.67. The van der Waals surface area contributed by atoms with Gasteiger partial charge in [-0.3, -0.25) is 4.40 Å². The molecule has 0 spiro atoms. The molecule has 1 aromatic carbocycles. The van der Waals surface area contributed by atoms with Crippen molar-refractivity contribution in [2.45, 2.75) is 24.9 Å². The maximum absolute atomic E-state index is 11.5. The van der Waals surface area contributed by atoms with Gasteiger partial charge in [0.25, 0.3) is 0 Å². The number of sulfone groups is 1. The van der Waals surface area contributed by atoms with Crippen LogP contribution in [0.15, 0.2) is 58.5 Å². The summed E-state index contributed by atoms with van der Waals surface area (Å²) < 4.78 is 25.0. The Morgan fingerprint density at radius 1 is 1.11 bits per heavy atom. The Morgan fingerprint density at radius 2 is 1.89 bits per heavy atom. The lowest BCUT2D eigenvalue weighted by Gasteiger charge is -2.10. The van der Waals surface area contributed by atoms with Crippen LogP contribution in [0, 0.1) is 0 Å². The van der Waals surface area contributed by atoms with Gasteiger partial charge in [0.05, 0.1) is 18.0 Å². The van der Waals surface area contributed by atoms with E-state index in [1.165, 1.54) is 6.26 Å². The number of benzene rings is 1. The van der Waals surface area contributed by atoms with Crippen molar-refractivity contribution in [2.75, 3.05) is 12.8 Å². The molecule has 2 N–H and O–H groups in total. The minimum Gasteiger partial charge on any atom is -0.357 e. The van der Waals surface area contributed by atoms with Gasteiger partial charge in [0, 0.05) is 19.0 Å². The molecular formula is C18H22N6O2S. The number of aliphatic imine (C=N–C) groups is 1. The highest BCUT2D eigenvalue weighted by Gasteiger charge is 2.07. The predicted molar refractivity (Wildman–Crippen MR) is 104 cm³/mol. The summed E-state index contributed by atoms with van der Waals surface area (Å²) in [5.74, 6) is 1.44. The van der Waals surface area contributed by atoms with Crippen LogP contribution < -0.4 is 10.6 Å². The highest BCUT2D eigenvalue weighted by Crippen LogP contribution is 2.11. The molecule has 0 amide bonds. The van der Waals surface area contributed by atoms with E-state index in [0.29, 0.717) is 23.9 Å². The van der Waals surface area contributed by atoms with Crippen LogP contribution in [0.5, 0.6) is 0 Å². The van der Waals surface area contributed by atoms with Crippen LogP contribution in [-0.2, 0) is 22.9 Å². The summed E-state index contributed by atoms with van der Waals surface area (Å²) in [6, 6.07) is 12.5. The molecule has 3 aromatic rings. The molecule has 8 nitrogen and oxygen atoms in total. The van der Waals surface area contributed by atoms with E-state index in [1.54, 1.807) is 24.3 Å². The Morgan fingerprint density at radius 3 is 2.59 bits per heavy atom. The third kappa shape index (κ3) is 4.82. The van der Waals surface area contributed by atoms with Gasteiger partial charge in [-0.05, 0) is 36.8 Å². The molecule has 0 bridgehead atoms. The fourth-order valence-corrected chi connectivity index (χ4v) is 3.16. The molecule has 9 heteroatoms. The van der Waals surface area contributed by atoms with Crippen molar-refractivity contribution in [2.24, 2.45) is 4.99 Å². The van der Waals surface area contributed by atoms with Crippen molar-refractivity contribution in [3.63, 3.8) is 0 Å². The molecule has 0 aliphatic rings. The SMILES string of the molecule is CCNC(=NCc1ccc(S(C)(=O)=O)cc1)NCc1nnc2ccccn12. The first-order chi connectivity index (χ1) is 13.0. The average Bonchev–Trinajstić information content (AvgIpc) is 3.07. The summed E-state index contributed by atoms with van der Waals surface area (Å²) in [7, 11) is -3.19. The van der Waals surface area contributed by atoms with Crippen LogP contribution in [0.2, 0.25) is 0 Å². The Bertz CT molecular complexity index is 1040. The number of rotatable bonds is 6. The standard InChI is InChI=1S/C18H22N6O2S/c1-3-19-18(20-12-14-7-9-15(10-8-14)27(2,25)26)21-13-17-23-22-16-6-4-5-11-24(16)17/h4-11H,3,12-13H2,1-2H3,(H2,19,20,21). The number of hydrogen-bond donors (Lipinski definition) is 2. The maximum atomic E-state index is 11.5. The van der Waals surface area contributed by atoms with Crippen molar-refractivity contribution in [1.82, 2.24) is 25.2 Å². The summed E-state index contributed by atoms with van der Waals surface area (Å²) >= 11 is 0. The van der Waals surface area contributed by atoms with Crippen LogP contribution >= 0.6 is 0 Å². The Hall–Kier alpha value is -2.94. The smallest absolute Gasteiger partial charge is 0.191 e. The quantitative estimate of drug-likeness (QED) is 0.490. The minimum atomic E-state index is -3.19. The van der Waals surface area contributed by atoms with Gasteiger partial charge < -0.3 is 10.6 Å². The highest BCUT2D eigenvalue weighted by molar-refractivity contribution is 7.90. The van der Waals surface area contributed by atoms with Crippen molar-refractivity contribution >= 4 is 21.4 Å². The zero-order valence-corrected chi connectivity index (χ0v) is 16.1. The van der Waals surface area contributed by atoms with Crippen molar-refractivity contribution < 1.29 is 8.42 Å². The molecule has 142 valence electrons. The number of hydrogen-bond acceptors (Lipinski definition) is 5. The van der Waals surface area contributed by atoms with E-state index < -0.39 is 9.84 Å². The third-order valence-electron chi connectivity index (χ3n) is 3.91. The average molecular weight is 386 g/mol. The lowest BCUT2D eigenvalue weighted by Crippen LogP contribution is -2.37.